The third-order valence-electron chi connectivity index (χ3n) is 6.82. The maximum atomic E-state index is 13.2. The zero-order chi connectivity index (χ0) is 14.3. The lowest BCUT2D eigenvalue weighted by atomic mass is 9.82. The molecule has 21 heavy (non-hydrogen) atoms. The van der Waals surface area contributed by atoms with Crippen LogP contribution in [-0.2, 0) is 5.41 Å². The molecule has 104 valence electrons. The van der Waals surface area contributed by atoms with Gasteiger partial charge in [-0.15, -0.1) is 0 Å². The van der Waals surface area contributed by atoms with Crippen molar-refractivity contribution in [3.8, 4) is 0 Å². The molecule has 2 bridgehead atoms. The quantitative estimate of drug-likeness (QED) is 0.765. The highest BCUT2D eigenvalue weighted by atomic mass is 16.1. The van der Waals surface area contributed by atoms with Crippen LogP contribution in [0.1, 0.15) is 35.7 Å². The number of rotatable bonds is 3. The van der Waals surface area contributed by atoms with Crippen LogP contribution in [-0.4, -0.2) is 5.78 Å². The van der Waals surface area contributed by atoms with E-state index in [1.54, 1.807) is 0 Å². The summed E-state index contributed by atoms with van der Waals surface area (Å²) < 4.78 is 0. The number of carbonyl (C=O) groups is 1. The first-order chi connectivity index (χ1) is 10.2. The maximum Gasteiger partial charge on any atom is 0.170 e. The van der Waals surface area contributed by atoms with Gasteiger partial charge in [-0.1, -0.05) is 67.6 Å². The number of ketones is 1. The van der Waals surface area contributed by atoms with Gasteiger partial charge in [-0.2, -0.15) is 0 Å². The lowest BCUT2D eigenvalue weighted by molar-refractivity contribution is 0.0892. The zero-order valence-corrected chi connectivity index (χ0v) is 12.2. The zero-order valence-electron chi connectivity index (χ0n) is 12.2. The van der Waals surface area contributed by atoms with Gasteiger partial charge in [0.05, 0.1) is 5.41 Å². The molecule has 0 spiro atoms. The highest BCUT2D eigenvalue weighted by Crippen LogP contribution is 3.06. The molecular formula is C20H18O. The molecule has 0 amide bonds. The van der Waals surface area contributed by atoms with E-state index in [4.69, 9.17) is 0 Å². The number of fused-ring (bicyclic) bond motifs is 1. The fourth-order valence-corrected chi connectivity index (χ4v) is 6.20. The summed E-state index contributed by atoms with van der Waals surface area (Å²) in [6.07, 6.45) is 2.41. The Bertz CT molecular complexity index is 750. The number of hydrogen-bond acceptors (Lipinski definition) is 1. The summed E-state index contributed by atoms with van der Waals surface area (Å²) in [5.74, 6) is 0.960. The molecule has 4 atom stereocenters. The van der Waals surface area contributed by atoms with Gasteiger partial charge in [0.15, 0.2) is 5.78 Å². The molecule has 4 unspecified atom stereocenters. The van der Waals surface area contributed by atoms with Gasteiger partial charge in [0.2, 0.25) is 0 Å². The fraction of sp³-hybridized carbons (Fsp3) is 0.350. The van der Waals surface area contributed by atoms with E-state index in [1.165, 1.54) is 18.4 Å². The lowest BCUT2D eigenvalue weighted by Gasteiger charge is -2.20. The van der Waals surface area contributed by atoms with E-state index >= 15 is 0 Å². The molecule has 4 aliphatic rings. The number of carbonyl (C=O) groups excluding carboxylic acids is 1. The Hall–Kier alpha value is -1.89. The molecule has 2 aromatic rings. The summed E-state index contributed by atoms with van der Waals surface area (Å²) in [6.45, 7) is 2.34. The second kappa shape index (κ2) is 3.30. The molecule has 1 heteroatoms. The average Bonchev–Trinajstić information content (AvgIpc) is 3.21. The molecule has 0 radical (unpaired) electrons. The predicted molar refractivity (Wildman–Crippen MR) is 82.2 cm³/mol. The van der Waals surface area contributed by atoms with Gasteiger partial charge in [-0.3, -0.25) is 4.79 Å². The van der Waals surface area contributed by atoms with Crippen molar-refractivity contribution in [1.29, 1.82) is 0 Å². The van der Waals surface area contributed by atoms with Gasteiger partial charge in [0.1, 0.15) is 0 Å². The van der Waals surface area contributed by atoms with Gasteiger partial charge in [-0.05, 0) is 29.7 Å². The second-order valence-electron chi connectivity index (χ2n) is 7.10. The van der Waals surface area contributed by atoms with Crippen molar-refractivity contribution in [3.63, 3.8) is 0 Å². The molecule has 6 rings (SSSR count). The van der Waals surface area contributed by atoms with Crippen molar-refractivity contribution in [1.82, 2.24) is 0 Å². The van der Waals surface area contributed by atoms with Crippen molar-refractivity contribution in [2.75, 3.05) is 0 Å². The summed E-state index contributed by atoms with van der Waals surface area (Å²) in [6, 6.07) is 20.6. The standard InChI is InChI=1S/C20H18O/c1-18-13-12-16-19(18,15-10-6-3-7-11-15)20(16,18)17(21)14-8-4-2-5-9-14/h2-11,16H,12-13H2,1H3. The summed E-state index contributed by atoms with van der Waals surface area (Å²) in [5, 5.41) is 0. The molecule has 2 aromatic carbocycles. The van der Waals surface area contributed by atoms with Crippen molar-refractivity contribution in [3.05, 3.63) is 71.8 Å². The number of Topliss-reactive ketones (excluding diaryl/α,β-unsaturated/α-hetero) is 1. The van der Waals surface area contributed by atoms with Gasteiger partial charge in [0, 0.05) is 11.0 Å². The Kier molecular flexibility index (Phi) is 1.84. The van der Waals surface area contributed by atoms with Gasteiger partial charge in [-0.25, -0.2) is 0 Å². The normalized spacial score (nSPS) is 41.5. The minimum atomic E-state index is -0.0945. The molecule has 4 aliphatic carbocycles. The van der Waals surface area contributed by atoms with Crippen LogP contribution >= 0.6 is 0 Å². The highest BCUT2D eigenvalue weighted by molar-refractivity contribution is 6.11. The average molecular weight is 274 g/mol. The van der Waals surface area contributed by atoms with E-state index in [-0.39, 0.29) is 16.2 Å². The van der Waals surface area contributed by atoms with E-state index in [0.717, 1.165) is 5.56 Å². The first-order valence-corrected chi connectivity index (χ1v) is 7.86. The largest absolute Gasteiger partial charge is 0.293 e. The third kappa shape index (κ3) is 0.929. The molecule has 0 saturated heterocycles. The third-order valence-corrected chi connectivity index (χ3v) is 6.82. The van der Waals surface area contributed by atoms with Crippen LogP contribution in [0.25, 0.3) is 0 Å². The Morgan fingerprint density at radius 1 is 1.00 bits per heavy atom. The van der Waals surface area contributed by atoms with Crippen LogP contribution in [0.4, 0.5) is 0 Å². The van der Waals surface area contributed by atoms with Crippen LogP contribution in [0.5, 0.6) is 0 Å². The molecule has 4 saturated carbocycles. The predicted octanol–water partition coefficient (Wildman–Crippen LogP) is 4.24. The first-order valence-electron chi connectivity index (χ1n) is 7.86. The van der Waals surface area contributed by atoms with Gasteiger partial charge < -0.3 is 0 Å². The van der Waals surface area contributed by atoms with Crippen LogP contribution in [0.15, 0.2) is 60.7 Å². The second-order valence-corrected chi connectivity index (χ2v) is 7.10. The first kappa shape index (κ1) is 11.7. The molecule has 0 heterocycles. The topological polar surface area (TPSA) is 17.1 Å². The minimum absolute atomic E-state index is 0.0945. The smallest absolute Gasteiger partial charge is 0.170 e. The Labute approximate surface area is 125 Å². The van der Waals surface area contributed by atoms with Crippen molar-refractivity contribution < 1.29 is 4.79 Å². The fourth-order valence-electron chi connectivity index (χ4n) is 6.20. The van der Waals surface area contributed by atoms with Crippen LogP contribution < -0.4 is 0 Å². The minimum Gasteiger partial charge on any atom is -0.293 e. The summed E-state index contributed by atoms with van der Waals surface area (Å²) >= 11 is 0. The SMILES string of the molecule is CC12CCC3C1(C(=O)c1ccccc1)C32c1ccccc1. The van der Waals surface area contributed by atoms with Crippen LogP contribution in [0, 0.1) is 16.7 Å². The summed E-state index contributed by atoms with van der Waals surface area (Å²) in [5.41, 5.74) is 2.53. The highest BCUT2D eigenvalue weighted by Gasteiger charge is 3.08. The summed E-state index contributed by atoms with van der Waals surface area (Å²) in [4.78, 5) is 13.2. The Morgan fingerprint density at radius 2 is 1.62 bits per heavy atom. The number of hydrogen-bond donors (Lipinski definition) is 0. The van der Waals surface area contributed by atoms with Gasteiger partial charge >= 0.3 is 0 Å². The molecular weight excluding hydrogens is 256 g/mol. The van der Waals surface area contributed by atoms with Crippen molar-refractivity contribution >= 4 is 5.78 Å². The van der Waals surface area contributed by atoms with E-state index in [2.05, 4.69) is 37.3 Å². The van der Waals surface area contributed by atoms with E-state index in [0.29, 0.717) is 11.7 Å². The van der Waals surface area contributed by atoms with E-state index in [9.17, 15) is 4.79 Å². The molecule has 0 aromatic heterocycles. The summed E-state index contributed by atoms with van der Waals surface area (Å²) in [7, 11) is 0. The Morgan fingerprint density at radius 3 is 2.19 bits per heavy atom. The van der Waals surface area contributed by atoms with E-state index < -0.39 is 0 Å². The maximum absolute atomic E-state index is 13.2. The molecule has 0 N–H and O–H groups in total. The Balaban J connectivity index is 1.65. The van der Waals surface area contributed by atoms with Crippen LogP contribution in [0.3, 0.4) is 0 Å². The molecule has 1 nitrogen and oxygen atoms in total. The molecule has 4 fully saturated rings. The van der Waals surface area contributed by atoms with Crippen molar-refractivity contribution in [2.24, 2.45) is 16.7 Å². The number of benzene rings is 2. The molecule has 0 aliphatic heterocycles. The monoisotopic (exact) mass is 274 g/mol. The van der Waals surface area contributed by atoms with Crippen LogP contribution in [0.2, 0.25) is 0 Å². The van der Waals surface area contributed by atoms with Crippen molar-refractivity contribution in [2.45, 2.75) is 25.2 Å². The lowest BCUT2D eigenvalue weighted by Crippen LogP contribution is -2.21. The van der Waals surface area contributed by atoms with E-state index in [1.807, 2.05) is 30.3 Å². The van der Waals surface area contributed by atoms with Gasteiger partial charge in [0.25, 0.3) is 0 Å².